The van der Waals surface area contributed by atoms with Gasteiger partial charge in [-0.15, -0.1) is 24.0 Å². The minimum absolute atomic E-state index is 0. The molecule has 0 aliphatic carbocycles. The SMILES string of the molecule is CN=C(NCc1c(C)nn(C)c1C)N1CCN(CC(=O)N2CCCC2)CC1.I. The standard InChI is InChI=1S/C19H33N7O.HI/c1-15-17(16(2)23(4)22-15)13-21-19(20-3)26-11-9-24(10-12-26)14-18(27)25-7-5-6-8-25;/h5-14H2,1-4H3,(H,20,21);1H. The van der Waals surface area contributed by atoms with Crippen LogP contribution in [-0.2, 0) is 18.4 Å². The number of aliphatic imine (C=N–C) groups is 1. The largest absolute Gasteiger partial charge is 0.352 e. The first-order valence-corrected chi connectivity index (χ1v) is 9.94. The number of carbonyl (C=O) groups excluding carboxylic acids is 1. The fourth-order valence-electron chi connectivity index (χ4n) is 3.95. The molecule has 0 bridgehead atoms. The number of rotatable bonds is 4. The van der Waals surface area contributed by atoms with Crippen LogP contribution < -0.4 is 5.32 Å². The van der Waals surface area contributed by atoms with Gasteiger partial charge in [0.1, 0.15) is 0 Å². The zero-order valence-electron chi connectivity index (χ0n) is 17.6. The molecule has 0 radical (unpaired) electrons. The van der Waals surface area contributed by atoms with Crippen molar-refractivity contribution in [2.75, 3.05) is 52.9 Å². The van der Waals surface area contributed by atoms with Crippen LogP contribution in [-0.4, -0.2) is 89.2 Å². The van der Waals surface area contributed by atoms with Crippen LogP contribution in [0.3, 0.4) is 0 Å². The number of guanidine groups is 1. The van der Waals surface area contributed by atoms with Gasteiger partial charge in [-0.25, -0.2) is 0 Å². The molecular weight excluding hydrogens is 469 g/mol. The predicted octanol–water partition coefficient (Wildman–Crippen LogP) is 0.970. The molecule has 2 aliphatic rings. The third kappa shape index (κ3) is 5.37. The molecule has 158 valence electrons. The molecule has 1 aromatic heterocycles. The number of halogens is 1. The van der Waals surface area contributed by atoms with Gasteiger partial charge in [0.25, 0.3) is 0 Å². The lowest BCUT2D eigenvalue weighted by Crippen LogP contribution is -2.54. The molecule has 2 saturated heterocycles. The quantitative estimate of drug-likeness (QED) is 0.377. The van der Waals surface area contributed by atoms with Crippen LogP contribution in [0.25, 0.3) is 0 Å². The van der Waals surface area contributed by atoms with Crippen LogP contribution in [0.1, 0.15) is 29.8 Å². The van der Waals surface area contributed by atoms with E-state index >= 15 is 0 Å². The molecule has 2 fully saturated rings. The fraction of sp³-hybridized carbons (Fsp3) is 0.737. The Morgan fingerprint density at radius 2 is 1.71 bits per heavy atom. The Bertz CT molecular complexity index is 689. The van der Waals surface area contributed by atoms with Gasteiger partial charge in [0.2, 0.25) is 5.91 Å². The lowest BCUT2D eigenvalue weighted by atomic mass is 10.2. The molecule has 0 atom stereocenters. The average Bonchev–Trinajstić information content (AvgIpc) is 3.27. The minimum atomic E-state index is 0. The number of nitrogens with one attached hydrogen (secondary N) is 1. The van der Waals surface area contributed by atoms with E-state index in [9.17, 15) is 4.79 Å². The summed E-state index contributed by atoms with van der Waals surface area (Å²) in [5, 5.41) is 7.96. The highest BCUT2D eigenvalue weighted by Crippen LogP contribution is 2.12. The highest BCUT2D eigenvalue weighted by Gasteiger charge is 2.24. The van der Waals surface area contributed by atoms with E-state index in [1.165, 1.54) is 11.3 Å². The highest BCUT2D eigenvalue weighted by atomic mass is 127. The molecular formula is C19H34IN7O. The van der Waals surface area contributed by atoms with E-state index < -0.39 is 0 Å². The molecule has 1 N–H and O–H groups in total. The van der Waals surface area contributed by atoms with Crippen molar-refractivity contribution in [3.8, 4) is 0 Å². The van der Waals surface area contributed by atoms with Gasteiger partial charge in [0.05, 0.1) is 12.2 Å². The number of aryl methyl sites for hydroxylation is 2. The minimum Gasteiger partial charge on any atom is -0.352 e. The summed E-state index contributed by atoms with van der Waals surface area (Å²) >= 11 is 0. The van der Waals surface area contributed by atoms with Crippen molar-refractivity contribution >= 4 is 35.8 Å². The summed E-state index contributed by atoms with van der Waals surface area (Å²) in [5.74, 6) is 1.20. The summed E-state index contributed by atoms with van der Waals surface area (Å²) in [5.41, 5.74) is 3.47. The van der Waals surface area contributed by atoms with E-state index in [2.05, 4.69) is 32.1 Å². The van der Waals surface area contributed by atoms with Crippen LogP contribution in [0.2, 0.25) is 0 Å². The second-order valence-corrected chi connectivity index (χ2v) is 7.52. The van der Waals surface area contributed by atoms with Gasteiger partial charge in [-0.1, -0.05) is 0 Å². The fourth-order valence-corrected chi connectivity index (χ4v) is 3.95. The van der Waals surface area contributed by atoms with Crippen molar-refractivity contribution in [1.29, 1.82) is 0 Å². The molecule has 9 heteroatoms. The van der Waals surface area contributed by atoms with E-state index in [-0.39, 0.29) is 29.9 Å². The molecule has 2 aliphatic heterocycles. The molecule has 8 nitrogen and oxygen atoms in total. The van der Waals surface area contributed by atoms with Crippen molar-refractivity contribution in [2.45, 2.75) is 33.2 Å². The van der Waals surface area contributed by atoms with Gasteiger partial charge in [-0.2, -0.15) is 5.10 Å². The molecule has 0 unspecified atom stereocenters. The number of amides is 1. The van der Waals surface area contributed by atoms with Crippen LogP contribution in [0.5, 0.6) is 0 Å². The number of carbonyl (C=O) groups is 1. The number of hydrogen-bond donors (Lipinski definition) is 1. The smallest absolute Gasteiger partial charge is 0.236 e. The number of nitrogens with zero attached hydrogens (tertiary/aromatic N) is 6. The second kappa shape index (κ2) is 10.4. The molecule has 1 amide bonds. The third-order valence-corrected chi connectivity index (χ3v) is 5.78. The Morgan fingerprint density at radius 3 is 2.25 bits per heavy atom. The Balaban J connectivity index is 0.00000280. The van der Waals surface area contributed by atoms with E-state index in [1.54, 1.807) is 0 Å². The van der Waals surface area contributed by atoms with Gasteiger partial charge in [0.15, 0.2) is 5.96 Å². The van der Waals surface area contributed by atoms with Crippen LogP contribution in [0.15, 0.2) is 4.99 Å². The first-order valence-electron chi connectivity index (χ1n) is 9.94. The Labute approximate surface area is 185 Å². The van der Waals surface area contributed by atoms with E-state index in [4.69, 9.17) is 0 Å². The molecule has 1 aromatic rings. The lowest BCUT2D eigenvalue weighted by molar-refractivity contribution is -0.131. The number of likely N-dealkylation sites (tertiary alicyclic amines) is 1. The van der Waals surface area contributed by atoms with Crippen LogP contribution in [0.4, 0.5) is 0 Å². The van der Waals surface area contributed by atoms with E-state index in [0.717, 1.165) is 70.3 Å². The lowest BCUT2D eigenvalue weighted by Gasteiger charge is -2.36. The van der Waals surface area contributed by atoms with Crippen molar-refractivity contribution in [1.82, 2.24) is 29.8 Å². The normalized spacial score (nSPS) is 18.4. The summed E-state index contributed by atoms with van der Waals surface area (Å²) in [6, 6.07) is 0. The summed E-state index contributed by atoms with van der Waals surface area (Å²) in [7, 11) is 3.80. The molecule has 0 saturated carbocycles. The maximum Gasteiger partial charge on any atom is 0.236 e. The third-order valence-electron chi connectivity index (χ3n) is 5.78. The summed E-state index contributed by atoms with van der Waals surface area (Å²) in [4.78, 5) is 23.3. The van der Waals surface area contributed by atoms with Gasteiger partial charge in [-0.3, -0.25) is 19.4 Å². The number of hydrogen-bond acceptors (Lipinski definition) is 4. The van der Waals surface area contributed by atoms with E-state index in [0.29, 0.717) is 6.54 Å². The topological polar surface area (TPSA) is 69.0 Å². The Morgan fingerprint density at radius 1 is 1.07 bits per heavy atom. The molecule has 0 aromatic carbocycles. The van der Waals surface area contributed by atoms with Gasteiger partial charge in [-0.05, 0) is 26.7 Å². The molecule has 0 spiro atoms. The zero-order valence-corrected chi connectivity index (χ0v) is 19.9. The summed E-state index contributed by atoms with van der Waals surface area (Å²) in [6.45, 7) is 10.8. The van der Waals surface area contributed by atoms with Crippen molar-refractivity contribution < 1.29 is 4.79 Å². The van der Waals surface area contributed by atoms with Crippen molar-refractivity contribution in [2.24, 2.45) is 12.0 Å². The first-order chi connectivity index (χ1) is 13.0. The first kappa shape index (κ1) is 22.9. The molecule has 3 heterocycles. The Hall–Kier alpha value is -1.36. The molecule has 3 rings (SSSR count). The average molecular weight is 503 g/mol. The number of aromatic nitrogens is 2. The summed E-state index contributed by atoms with van der Waals surface area (Å²) in [6.07, 6.45) is 2.30. The molecule has 28 heavy (non-hydrogen) atoms. The second-order valence-electron chi connectivity index (χ2n) is 7.52. The summed E-state index contributed by atoms with van der Waals surface area (Å²) < 4.78 is 1.92. The monoisotopic (exact) mass is 503 g/mol. The maximum absolute atomic E-state index is 12.3. The zero-order chi connectivity index (χ0) is 19.4. The maximum atomic E-state index is 12.3. The van der Waals surface area contributed by atoms with Crippen LogP contribution in [0, 0.1) is 13.8 Å². The van der Waals surface area contributed by atoms with Crippen molar-refractivity contribution in [3.63, 3.8) is 0 Å². The van der Waals surface area contributed by atoms with Gasteiger partial charge >= 0.3 is 0 Å². The van der Waals surface area contributed by atoms with Gasteiger partial charge < -0.3 is 15.1 Å². The van der Waals surface area contributed by atoms with Crippen molar-refractivity contribution in [3.05, 3.63) is 17.0 Å². The highest BCUT2D eigenvalue weighted by molar-refractivity contribution is 14.0. The Kier molecular flexibility index (Phi) is 8.54. The van der Waals surface area contributed by atoms with E-state index in [1.807, 2.05) is 30.6 Å². The van der Waals surface area contributed by atoms with Crippen LogP contribution >= 0.6 is 24.0 Å². The van der Waals surface area contributed by atoms with Gasteiger partial charge in [0, 0.05) is 71.2 Å². The number of piperazine rings is 1. The predicted molar refractivity (Wildman–Crippen MR) is 122 cm³/mol.